The van der Waals surface area contributed by atoms with Crippen molar-refractivity contribution in [3.63, 3.8) is 0 Å². The molecule has 0 aromatic rings. The van der Waals surface area contributed by atoms with Gasteiger partial charge in [0.1, 0.15) is 0 Å². The molecule has 0 radical (unpaired) electrons. The molecule has 0 unspecified atom stereocenters. The largest absolute Gasteiger partial charge is 0.481 e. The number of hydrogen-bond donors (Lipinski definition) is 5. The molecule has 9 heteroatoms. The molecule has 0 aliphatic heterocycles. The van der Waals surface area contributed by atoms with Gasteiger partial charge in [-0.05, 0) is 12.8 Å². The Morgan fingerprint density at radius 2 is 0.783 bits per heavy atom. The second-order valence-electron chi connectivity index (χ2n) is 3.71. The molecule has 0 atom stereocenters. The Hall–Kier alpha value is -0.956. The molecule has 0 aromatic heterocycles. The van der Waals surface area contributed by atoms with E-state index in [4.69, 9.17) is 39.9 Å². The van der Waals surface area contributed by atoms with Gasteiger partial charge in [0, 0.05) is 55.7 Å². The molecule has 0 fully saturated rings. The van der Waals surface area contributed by atoms with Gasteiger partial charge in [-0.15, -0.1) is 0 Å². The van der Waals surface area contributed by atoms with Crippen LogP contribution in [-0.2, 0) is 36.1 Å². The average molecular weight is 376 g/mol. The minimum Gasteiger partial charge on any atom is -0.481 e. The summed E-state index contributed by atoms with van der Waals surface area (Å²) < 4.78 is 0. The molecular weight excluding hydrogens is 344 g/mol. The first-order valence-electron chi connectivity index (χ1n) is 6.83. The van der Waals surface area contributed by atoms with Gasteiger partial charge in [-0.25, -0.2) is 0 Å². The summed E-state index contributed by atoms with van der Waals surface area (Å²) in [5.41, 5.74) is 0. The molecule has 0 aromatic carbocycles. The molecule has 8 nitrogen and oxygen atoms in total. The van der Waals surface area contributed by atoms with E-state index in [1.807, 2.05) is 0 Å². The topological polar surface area (TPSA) is 152 Å². The van der Waals surface area contributed by atoms with Gasteiger partial charge < -0.3 is 25.5 Å². The molecular formula is C14H32O8Ti. The summed E-state index contributed by atoms with van der Waals surface area (Å²) in [6, 6.07) is 0. The maximum atomic E-state index is 9.00. The van der Waals surface area contributed by atoms with E-state index in [2.05, 4.69) is 13.8 Å². The van der Waals surface area contributed by atoms with Gasteiger partial charge in [0.05, 0.1) is 0 Å². The number of aliphatic hydroxyl groups is 2. The van der Waals surface area contributed by atoms with Crippen LogP contribution in [0.3, 0.4) is 0 Å². The van der Waals surface area contributed by atoms with Crippen LogP contribution in [0.5, 0.6) is 0 Å². The average Bonchev–Trinajstić information content (AvgIpc) is 2.29. The predicted octanol–water partition coefficient (Wildman–Crippen LogP) is 1.83. The molecule has 0 bridgehead atoms. The number of hydrogen-bond acceptors (Lipinski definition) is 5. The Morgan fingerprint density at radius 3 is 0.783 bits per heavy atom. The van der Waals surface area contributed by atoms with Gasteiger partial charge in [0.15, 0.2) is 0 Å². The van der Waals surface area contributed by atoms with Gasteiger partial charge in [0.2, 0.25) is 0 Å². The van der Waals surface area contributed by atoms with Gasteiger partial charge >= 0.3 is 0 Å². The fourth-order valence-electron chi connectivity index (χ4n) is 0.316. The Morgan fingerprint density at radius 1 is 0.652 bits per heavy atom. The van der Waals surface area contributed by atoms with Gasteiger partial charge in [0.25, 0.3) is 17.9 Å². The fraction of sp³-hybridized carbons (Fsp3) is 0.786. The number of carboxylic acid groups (broad SMARTS) is 3. The molecule has 0 rings (SSSR count). The van der Waals surface area contributed by atoms with Gasteiger partial charge in [-0.2, -0.15) is 0 Å². The number of aliphatic hydroxyl groups excluding tert-OH is 2. The minimum absolute atomic E-state index is 0. The van der Waals surface area contributed by atoms with Crippen molar-refractivity contribution in [3.8, 4) is 0 Å². The van der Waals surface area contributed by atoms with Crippen molar-refractivity contribution < 1.29 is 61.6 Å². The zero-order chi connectivity index (χ0) is 19.0. The first kappa shape index (κ1) is 37.9. The summed E-state index contributed by atoms with van der Waals surface area (Å²) in [5.74, 6) is -2.50. The summed E-state index contributed by atoms with van der Waals surface area (Å²) in [6.07, 6.45) is 4.08. The molecule has 0 aliphatic carbocycles. The molecule has 0 spiro atoms. The summed E-state index contributed by atoms with van der Waals surface area (Å²) in [5, 5.41) is 38.4. The van der Waals surface area contributed by atoms with Crippen LogP contribution in [0.4, 0.5) is 0 Å². The molecule has 0 heterocycles. The zero-order valence-corrected chi connectivity index (χ0v) is 16.3. The summed E-state index contributed by atoms with van der Waals surface area (Å²) >= 11 is 0. The number of carbonyl (C=O) groups is 3. The Labute approximate surface area is 153 Å². The molecule has 5 N–H and O–H groups in total. The van der Waals surface area contributed by atoms with Crippen molar-refractivity contribution in [1.29, 1.82) is 0 Å². The third-order valence-corrected chi connectivity index (χ3v) is 1.02. The van der Waals surface area contributed by atoms with Crippen molar-refractivity contribution >= 4 is 17.9 Å². The Bertz CT molecular complexity index is 184. The van der Waals surface area contributed by atoms with E-state index in [0.29, 0.717) is 13.2 Å². The van der Waals surface area contributed by atoms with E-state index in [9.17, 15) is 0 Å². The Kier molecular flexibility index (Phi) is 70.7. The summed E-state index contributed by atoms with van der Waals surface area (Å²) in [7, 11) is 0. The SMILES string of the molecule is CC(=O)O.CC(=O)O.CC(=O)O.CCCCO.CCCCO.[Ti]. The van der Waals surface area contributed by atoms with Crippen molar-refractivity contribution in [3.05, 3.63) is 0 Å². The molecule has 0 saturated heterocycles. The van der Waals surface area contributed by atoms with Crippen molar-refractivity contribution in [2.75, 3.05) is 13.2 Å². The van der Waals surface area contributed by atoms with Crippen molar-refractivity contribution in [2.24, 2.45) is 0 Å². The van der Waals surface area contributed by atoms with Crippen LogP contribution in [0, 0.1) is 0 Å². The molecule has 0 amide bonds. The minimum atomic E-state index is -0.833. The predicted molar refractivity (Wildman–Crippen MR) is 83.9 cm³/mol. The van der Waals surface area contributed by atoms with Gasteiger partial charge in [-0.1, -0.05) is 26.7 Å². The fourth-order valence-corrected chi connectivity index (χ4v) is 0.316. The van der Waals surface area contributed by atoms with E-state index in [-0.39, 0.29) is 21.7 Å². The van der Waals surface area contributed by atoms with Crippen LogP contribution in [0.1, 0.15) is 60.3 Å². The number of carboxylic acids is 3. The summed E-state index contributed by atoms with van der Waals surface area (Å²) in [6.45, 7) is 8.04. The number of rotatable bonds is 4. The second-order valence-corrected chi connectivity index (χ2v) is 3.71. The van der Waals surface area contributed by atoms with Crippen LogP contribution in [0.25, 0.3) is 0 Å². The third-order valence-electron chi connectivity index (χ3n) is 1.02. The van der Waals surface area contributed by atoms with E-state index < -0.39 is 17.9 Å². The van der Waals surface area contributed by atoms with Crippen LogP contribution in [0.15, 0.2) is 0 Å². The van der Waals surface area contributed by atoms with Crippen LogP contribution < -0.4 is 0 Å². The van der Waals surface area contributed by atoms with E-state index >= 15 is 0 Å². The Balaban J connectivity index is -0.0000000390. The first-order valence-corrected chi connectivity index (χ1v) is 6.83. The van der Waals surface area contributed by atoms with E-state index in [1.165, 1.54) is 0 Å². The normalized spacial score (nSPS) is 6.91. The molecule has 23 heavy (non-hydrogen) atoms. The molecule has 0 saturated carbocycles. The molecule has 0 aliphatic rings. The molecule has 140 valence electrons. The maximum Gasteiger partial charge on any atom is 0.300 e. The van der Waals surface area contributed by atoms with E-state index in [1.54, 1.807) is 0 Å². The van der Waals surface area contributed by atoms with E-state index in [0.717, 1.165) is 46.5 Å². The maximum absolute atomic E-state index is 9.00. The van der Waals surface area contributed by atoms with Crippen molar-refractivity contribution in [1.82, 2.24) is 0 Å². The quantitative estimate of drug-likeness (QED) is 0.466. The van der Waals surface area contributed by atoms with Crippen LogP contribution in [-0.4, -0.2) is 56.7 Å². The first-order chi connectivity index (χ1) is 10.0. The second kappa shape index (κ2) is 42.9. The van der Waals surface area contributed by atoms with Crippen LogP contribution >= 0.6 is 0 Å². The number of unbranched alkanes of at least 4 members (excludes halogenated alkanes) is 2. The number of aliphatic carboxylic acids is 3. The standard InChI is InChI=1S/2C4H10O.3C2H4O2.Ti/c2*1-2-3-4-5;3*1-2(3)4;/h2*5H,2-4H2,1H3;3*1H3,(H,3,4);. The van der Waals surface area contributed by atoms with Gasteiger partial charge in [-0.3, -0.25) is 14.4 Å². The summed E-state index contributed by atoms with van der Waals surface area (Å²) in [4.78, 5) is 27.0. The smallest absolute Gasteiger partial charge is 0.300 e. The third kappa shape index (κ3) is 824. The zero-order valence-electron chi connectivity index (χ0n) is 14.7. The monoisotopic (exact) mass is 376 g/mol. The van der Waals surface area contributed by atoms with Crippen molar-refractivity contribution in [2.45, 2.75) is 60.3 Å². The van der Waals surface area contributed by atoms with Crippen LogP contribution in [0.2, 0.25) is 0 Å².